The summed E-state index contributed by atoms with van der Waals surface area (Å²) in [6, 6.07) is 17.0. The van der Waals surface area contributed by atoms with E-state index in [9.17, 15) is 14.0 Å². The van der Waals surface area contributed by atoms with Gasteiger partial charge in [-0.3, -0.25) is 9.59 Å². The number of hydrogen-bond donors (Lipinski definition) is 1. The van der Waals surface area contributed by atoms with Crippen molar-refractivity contribution in [3.8, 4) is 0 Å². The van der Waals surface area contributed by atoms with E-state index in [2.05, 4.69) is 5.32 Å². The van der Waals surface area contributed by atoms with Gasteiger partial charge in [-0.2, -0.15) is 0 Å². The van der Waals surface area contributed by atoms with Crippen LogP contribution in [0.1, 0.15) is 21.7 Å². The highest BCUT2D eigenvalue weighted by molar-refractivity contribution is 6.35. The van der Waals surface area contributed by atoms with E-state index in [1.165, 1.54) is 36.4 Å². The number of carbonyl (C=O) groups excluding carboxylic acids is 2. The van der Waals surface area contributed by atoms with Crippen LogP contribution in [0.5, 0.6) is 0 Å². The Kier molecular flexibility index (Phi) is 5.89. The van der Waals surface area contributed by atoms with Gasteiger partial charge >= 0.3 is 0 Å². The van der Waals surface area contributed by atoms with Crippen LogP contribution in [-0.4, -0.2) is 11.7 Å². The summed E-state index contributed by atoms with van der Waals surface area (Å²) in [5.41, 5.74) is 1.52. The number of amides is 1. The lowest BCUT2D eigenvalue weighted by Gasteiger charge is -2.04. The molecule has 3 aromatic carbocycles. The zero-order valence-electron chi connectivity index (χ0n) is 15.9. The lowest BCUT2D eigenvalue weighted by molar-refractivity contribution is -0.111. The first kappa shape index (κ1) is 20.8. The predicted molar refractivity (Wildman–Crippen MR) is 120 cm³/mol. The fraction of sp³-hybridized carbons (Fsp3) is 0. The molecular formula is C24H14Cl2FNO3. The van der Waals surface area contributed by atoms with E-state index in [4.69, 9.17) is 27.6 Å². The molecule has 0 aliphatic rings. The molecule has 0 spiro atoms. The lowest BCUT2D eigenvalue weighted by atomic mass is 10.1. The fourth-order valence-electron chi connectivity index (χ4n) is 3.03. The molecule has 1 heterocycles. The normalized spacial score (nSPS) is 11.2. The number of anilines is 1. The smallest absolute Gasteiger partial charge is 0.248 e. The number of hydrogen-bond acceptors (Lipinski definition) is 3. The maximum absolute atomic E-state index is 13.2. The maximum Gasteiger partial charge on any atom is 0.248 e. The Morgan fingerprint density at radius 1 is 0.968 bits per heavy atom. The third kappa shape index (κ3) is 4.53. The van der Waals surface area contributed by atoms with E-state index in [-0.39, 0.29) is 17.0 Å². The Morgan fingerprint density at radius 3 is 2.45 bits per heavy atom. The fourth-order valence-corrected chi connectivity index (χ4v) is 3.50. The van der Waals surface area contributed by atoms with Gasteiger partial charge in [0.25, 0.3) is 0 Å². The molecule has 154 valence electrons. The lowest BCUT2D eigenvalue weighted by Crippen LogP contribution is -2.11. The zero-order valence-corrected chi connectivity index (χ0v) is 17.4. The number of benzene rings is 3. The van der Waals surface area contributed by atoms with Crippen LogP contribution < -0.4 is 5.32 Å². The van der Waals surface area contributed by atoms with Crippen molar-refractivity contribution in [1.29, 1.82) is 0 Å². The van der Waals surface area contributed by atoms with Gasteiger partial charge in [0, 0.05) is 27.1 Å². The summed E-state index contributed by atoms with van der Waals surface area (Å²) in [5.74, 6) is -1.46. The standard InChI is InChI=1S/C24H14Cl2FNO3/c25-16-9-5-14(19(26)13-16)8-12-21(29)28-22-18-3-1-2-4-20(18)31-24(22)23(30)15-6-10-17(27)11-7-15/h1-13H,(H,28,29). The largest absolute Gasteiger partial charge is 0.450 e. The van der Waals surface area contributed by atoms with Gasteiger partial charge in [-0.15, -0.1) is 0 Å². The van der Waals surface area contributed by atoms with Crippen LogP contribution in [0.3, 0.4) is 0 Å². The zero-order chi connectivity index (χ0) is 22.0. The highest BCUT2D eigenvalue weighted by Gasteiger charge is 2.23. The molecule has 1 N–H and O–H groups in total. The van der Waals surface area contributed by atoms with Gasteiger partial charge in [0.1, 0.15) is 11.4 Å². The first-order chi connectivity index (χ1) is 14.9. The Hall–Kier alpha value is -3.41. The second kappa shape index (κ2) is 8.76. The first-order valence-electron chi connectivity index (χ1n) is 9.18. The molecule has 7 heteroatoms. The Balaban J connectivity index is 1.67. The van der Waals surface area contributed by atoms with Gasteiger partial charge in [0.05, 0.1) is 5.69 Å². The molecule has 0 radical (unpaired) electrons. The third-order valence-corrected chi connectivity index (χ3v) is 5.10. The van der Waals surface area contributed by atoms with Gasteiger partial charge in [0.15, 0.2) is 5.76 Å². The van der Waals surface area contributed by atoms with Gasteiger partial charge in [0.2, 0.25) is 11.7 Å². The van der Waals surface area contributed by atoms with Crippen molar-refractivity contribution in [3.05, 3.63) is 106 Å². The number of furan rings is 1. The number of rotatable bonds is 5. The number of fused-ring (bicyclic) bond motifs is 1. The highest BCUT2D eigenvalue weighted by Crippen LogP contribution is 2.32. The summed E-state index contributed by atoms with van der Waals surface area (Å²) in [6.45, 7) is 0. The number of para-hydroxylation sites is 1. The summed E-state index contributed by atoms with van der Waals surface area (Å²) >= 11 is 12.0. The first-order valence-corrected chi connectivity index (χ1v) is 9.94. The Bertz CT molecular complexity index is 1330. The van der Waals surface area contributed by atoms with E-state index in [0.29, 0.717) is 26.6 Å². The number of nitrogens with one attached hydrogen (secondary N) is 1. The highest BCUT2D eigenvalue weighted by atomic mass is 35.5. The van der Waals surface area contributed by atoms with Crippen molar-refractivity contribution in [2.75, 3.05) is 5.32 Å². The number of carbonyl (C=O) groups is 2. The van der Waals surface area contributed by atoms with Gasteiger partial charge < -0.3 is 9.73 Å². The van der Waals surface area contributed by atoms with Crippen LogP contribution in [0, 0.1) is 5.82 Å². The summed E-state index contributed by atoms with van der Waals surface area (Å²) in [5, 5.41) is 4.17. The molecule has 0 aliphatic heterocycles. The van der Waals surface area contributed by atoms with Crippen LogP contribution in [0.25, 0.3) is 17.0 Å². The van der Waals surface area contributed by atoms with Crippen molar-refractivity contribution in [2.24, 2.45) is 0 Å². The van der Waals surface area contributed by atoms with E-state index in [0.717, 1.165) is 0 Å². The molecule has 4 rings (SSSR count). The van der Waals surface area contributed by atoms with Gasteiger partial charge in [-0.1, -0.05) is 41.4 Å². The summed E-state index contributed by atoms with van der Waals surface area (Å²) in [6.07, 6.45) is 2.83. The molecular weight excluding hydrogens is 440 g/mol. The minimum Gasteiger partial charge on any atom is -0.450 e. The molecule has 31 heavy (non-hydrogen) atoms. The molecule has 0 unspecified atom stereocenters. The van der Waals surface area contributed by atoms with E-state index in [1.54, 1.807) is 42.5 Å². The van der Waals surface area contributed by atoms with E-state index >= 15 is 0 Å². The minimum atomic E-state index is -0.481. The summed E-state index contributed by atoms with van der Waals surface area (Å²) in [4.78, 5) is 25.6. The second-order valence-corrected chi connectivity index (χ2v) is 7.47. The molecule has 1 amide bonds. The summed E-state index contributed by atoms with van der Waals surface area (Å²) in [7, 11) is 0. The molecule has 4 aromatic rings. The number of halogens is 3. The maximum atomic E-state index is 13.2. The molecule has 1 aromatic heterocycles. The van der Waals surface area contributed by atoms with Gasteiger partial charge in [-0.25, -0.2) is 4.39 Å². The van der Waals surface area contributed by atoms with E-state index in [1.807, 2.05) is 0 Å². The Labute approximate surface area is 186 Å². The van der Waals surface area contributed by atoms with Crippen molar-refractivity contribution < 1.29 is 18.4 Å². The van der Waals surface area contributed by atoms with E-state index < -0.39 is 17.5 Å². The van der Waals surface area contributed by atoms with Crippen LogP contribution in [0.2, 0.25) is 10.0 Å². The molecule has 0 saturated heterocycles. The molecule has 0 saturated carbocycles. The molecule has 0 fully saturated rings. The van der Waals surface area contributed by atoms with Crippen molar-refractivity contribution in [3.63, 3.8) is 0 Å². The minimum absolute atomic E-state index is 0.0425. The van der Waals surface area contributed by atoms with Crippen LogP contribution in [-0.2, 0) is 4.79 Å². The predicted octanol–water partition coefficient (Wildman–Crippen LogP) is 6.76. The summed E-state index contributed by atoms with van der Waals surface area (Å²) < 4.78 is 19.0. The molecule has 0 bridgehead atoms. The average molecular weight is 454 g/mol. The quantitative estimate of drug-likeness (QED) is 0.268. The third-order valence-electron chi connectivity index (χ3n) is 4.53. The van der Waals surface area contributed by atoms with Crippen molar-refractivity contribution >= 4 is 57.6 Å². The average Bonchev–Trinajstić information content (AvgIpc) is 3.11. The second-order valence-electron chi connectivity index (χ2n) is 6.63. The van der Waals surface area contributed by atoms with Crippen LogP contribution >= 0.6 is 23.2 Å². The molecule has 4 nitrogen and oxygen atoms in total. The molecule has 0 aliphatic carbocycles. The van der Waals surface area contributed by atoms with Crippen molar-refractivity contribution in [1.82, 2.24) is 0 Å². The SMILES string of the molecule is O=C(C=Cc1ccc(Cl)cc1Cl)Nc1c(C(=O)c2ccc(F)cc2)oc2ccccc12. The Morgan fingerprint density at radius 2 is 1.71 bits per heavy atom. The molecule has 0 atom stereocenters. The van der Waals surface area contributed by atoms with Crippen LogP contribution in [0.15, 0.2) is 77.2 Å². The van der Waals surface area contributed by atoms with Crippen molar-refractivity contribution in [2.45, 2.75) is 0 Å². The van der Waals surface area contributed by atoms with Crippen LogP contribution in [0.4, 0.5) is 10.1 Å². The number of ketones is 1. The van der Waals surface area contributed by atoms with Gasteiger partial charge in [-0.05, 0) is 60.2 Å². The monoisotopic (exact) mass is 453 g/mol. The topological polar surface area (TPSA) is 59.3 Å².